The van der Waals surface area contributed by atoms with Crippen molar-refractivity contribution in [1.82, 2.24) is 10.9 Å². The Morgan fingerprint density at radius 1 is 0.955 bits per heavy atom. The van der Waals surface area contributed by atoms with Crippen molar-refractivity contribution in [2.24, 2.45) is 0 Å². The van der Waals surface area contributed by atoms with Gasteiger partial charge in [-0.2, -0.15) is 0 Å². The van der Waals surface area contributed by atoms with Crippen molar-refractivity contribution in [2.75, 3.05) is 0 Å². The molecule has 0 aliphatic rings. The molecule has 1 heterocycles. The molecule has 2 rings (SSSR count). The lowest BCUT2D eigenvalue weighted by Gasteiger charge is -2.07. The number of halogens is 2. The maximum absolute atomic E-state index is 11.9. The lowest BCUT2D eigenvalue weighted by molar-refractivity contribution is 0.0849. The number of carbonyl (C=O) groups excluding carboxylic acids is 3. The van der Waals surface area contributed by atoms with Gasteiger partial charge in [-0.25, -0.2) is 0 Å². The first-order valence-corrected chi connectivity index (χ1v) is 7.62. The number of hydrogen-bond acceptors (Lipinski definition) is 4. The number of rotatable bonds is 3. The molecular formula is C14H10Cl2N2O3S. The molecule has 8 heteroatoms. The Hall–Kier alpha value is -1.89. The van der Waals surface area contributed by atoms with Crippen LogP contribution in [0.1, 0.15) is 36.6 Å². The van der Waals surface area contributed by atoms with Gasteiger partial charge in [0.15, 0.2) is 5.78 Å². The lowest BCUT2D eigenvalue weighted by atomic mass is 10.2. The molecule has 1 aromatic carbocycles. The summed E-state index contributed by atoms with van der Waals surface area (Å²) in [5.41, 5.74) is 4.64. The van der Waals surface area contributed by atoms with E-state index in [1.165, 1.54) is 25.1 Å². The van der Waals surface area contributed by atoms with Crippen molar-refractivity contribution < 1.29 is 14.4 Å². The molecule has 0 aliphatic carbocycles. The van der Waals surface area contributed by atoms with E-state index in [4.69, 9.17) is 23.2 Å². The van der Waals surface area contributed by atoms with Gasteiger partial charge >= 0.3 is 0 Å². The summed E-state index contributed by atoms with van der Waals surface area (Å²) >= 11 is 12.7. The molecular weight excluding hydrogens is 347 g/mol. The second-order valence-electron chi connectivity index (χ2n) is 4.25. The molecule has 0 spiro atoms. The molecule has 0 atom stereocenters. The Balaban J connectivity index is 2.02. The first-order chi connectivity index (χ1) is 10.4. The summed E-state index contributed by atoms with van der Waals surface area (Å²) in [6.45, 7) is 1.41. The molecule has 5 nitrogen and oxygen atoms in total. The summed E-state index contributed by atoms with van der Waals surface area (Å²) in [4.78, 5) is 35.8. The minimum absolute atomic E-state index is 0.126. The van der Waals surface area contributed by atoms with Crippen LogP contribution in [0.3, 0.4) is 0 Å². The molecule has 0 saturated carbocycles. The summed E-state index contributed by atoms with van der Waals surface area (Å²) in [7, 11) is 0. The number of amides is 2. The van der Waals surface area contributed by atoms with Crippen LogP contribution in [0.4, 0.5) is 0 Å². The summed E-state index contributed by atoms with van der Waals surface area (Å²) in [6.07, 6.45) is 0. The van der Waals surface area contributed by atoms with E-state index in [9.17, 15) is 14.4 Å². The van der Waals surface area contributed by atoms with Crippen LogP contribution < -0.4 is 10.9 Å². The van der Waals surface area contributed by atoms with Crippen LogP contribution in [0, 0.1) is 0 Å². The molecule has 2 amide bonds. The maximum Gasteiger partial charge on any atom is 0.279 e. The van der Waals surface area contributed by atoms with E-state index in [2.05, 4.69) is 10.9 Å². The summed E-state index contributed by atoms with van der Waals surface area (Å²) in [5, 5.41) is 0.566. The fraction of sp³-hybridized carbons (Fsp3) is 0.0714. The number of nitrogens with one attached hydrogen (secondary N) is 2. The molecule has 0 fully saturated rings. The van der Waals surface area contributed by atoms with Gasteiger partial charge < -0.3 is 0 Å². The van der Waals surface area contributed by atoms with Crippen LogP contribution in [0.15, 0.2) is 30.3 Å². The molecule has 1 aromatic heterocycles. The highest BCUT2D eigenvalue weighted by Crippen LogP contribution is 2.20. The lowest BCUT2D eigenvalue weighted by Crippen LogP contribution is -2.41. The van der Waals surface area contributed by atoms with Crippen molar-refractivity contribution in [3.8, 4) is 0 Å². The average Bonchev–Trinajstić information content (AvgIpc) is 2.97. The topological polar surface area (TPSA) is 75.3 Å². The fourth-order valence-corrected chi connectivity index (χ4v) is 2.74. The Labute approximate surface area is 140 Å². The monoisotopic (exact) mass is 356 g/mol. The molecule has 0 aliphatic heterocycles. The third-order valence-electron chi connectivity index (χ3n) is 2.64. The SMILES string of the molecule is CC(=O)c1ccc(C(=O)NNC(=O)c2cc(Cl)ccc2Cl)s1. The standard InChI is InChI=1S/C14H10Cl2N2O3S/c1-7(19)11-4-5-12(22-11)14(21)18-17-13(20)9-6-8(15)2-3-10(9)16/h2-6H,1H3,(H,17,20)(H,18,21). The van der Waals surface area contributed by atoms with E-state index in [0.717, 1.165) is 11.3 Å². The van der Waals surface area contributed by atoms with E-state index in [0.29, 0.717) is 14.8 Å². The van der Waals surface area contributed by atoms with Gasteiger partial charge in [0.2, 0.25) is 0 Å². The van der Waals surface area contributed by atoms with Gasteiger partial charge in [0.25, 0.3) is 11.8 Å². The molecule has 22 heavy (non-hydrogen) atoms. The van der Waals surface area contributed by atoms with Gasteiger partial charge in [-0.3, -0.25) is 25.2 Å². The van der Waals surface area contributed by atoms with E-state index in [-0.39, 0.29) is 16.4 Å². The number of ketones is 1. The Morgan fingerprint density at radius 3 is 2.23 bits per heavy atom. The van der Waals surface area contributed by atoms with E-state index in [1.54, 1.807) is 12.1 Å². The number of Topliss-reactive ketones (excluding diaryl/α,β-unsaturated/α-hetero) is 1. The summed E-state index contributed by atoms with van der Waals surface area (Å²) in [5.74, 6) is -1.24. The molecule has 0 radical (unpaired) electrons. The van der Waals surface area contributed by atoms with Crippen molar-refractivity contribution in [1.29, 1.82) is 0 Å². The average molecular weight is 357 g/mol. The largest absolute Gasteiger partial charge is 0.294 e. The van der Waals surface area contributed by atoms with Crippen LogP contribution in [0.2, 0.25) is 10.0 Å². The van der Waals surface area contributed by atoms with Crippen molar-refractivity contribution in [3.05, 3.63) is 55.7 Å². The second-order valence-corrected chi connectivity index (χ2v) is 6.18. The molecule has 2 aromatic rings. The highest BCUT2D eigenvalue weighted by Gasteiger charge is 2.14. The second kappa shape index (κ2) is 6.91. The van der Waals surface area contributed by atoms with Crippen molar-refractivity contribution in [3.63, 3.8) is 0 Å². The third kappa shape index (κ3) is 3.85. The van der Waals surface area contributed by atoms with E-state index < -0.39 is 11.8 Å². The highest BCUT2D eigenvalue weighted by atomic mass is 35.5. The van der Waals surface area contributed by atoms with Crippen LogP contribution in [-0.4, -0.2) is 17.6 Å². The van der Waals surface area contributed by atoms with Gasteiger partial charge in [0, 0.05) is 5.02 Å². The first kappa shape index (κ1) is 16.5. The number of benzene rings is 1. The van der Waals surface area contributed by atoms with Crippen LogP contribution in [-0.2, 0) is 0 Å². The molecule has 0 saturated heterocycles. The van der Waals surface area contributed by atoms with Crippen LogP contribution in [0.5, 0.6) is 0 Å². The summed E-state index contributed by atoms with van der Waals surface area (Å²) in [6, 6.07) is 7.49. The smallest absolute Gasteiger partial charge is 0.279 e. The normalized spacial score (nSPS) is 10.1. The van der Waals surface area contributed by atoms with Gasteiger partial charge in [-0.05, 0) is 37.3 Å². The third-order valence-corrected chi connectivity index (χ3v) is 4.39. The van der Waals surface area contributed by atoms with Gasteiger partial charge in [-0.15, -0.1) is 11.3 Å². The summed E-state index contributed by atoms with van der Waals surface area (Å²) < 4.78 is 0. The minimum Gasteiger partial charge on any atom is -0.294 e. The quantitative estimate of drug-likeness (QED) is 0.654. The minimum atomic E-state index is -0.593. The Kier molecular flexibility index (Phi) is 5.18. The van der Waals surface area contributed by atoms with Gasteiger partial charge in [0.1, 0.15) is 0 Å². The number of carbonyl (C=O) groups is 3. The number of thiophene rings is 1. The zero-order valence-corrected chi connectivity index (χ0v) is 13.6. The van der Waals surface area contributed by atoms with Gasteiger partial charge in [0.05, 0.1) is 20.3 Å². The van der Waals surface area contributed by atoms with Crippen molar-refractivity contribution in [2.45, 2.75) is 6.92 Å². The fourth-order valence-electron chi connectivity index (χ4n) is 1.56. The van der Waals surface area contributed by atoms with Crippen LogP contribution >= 0.6 is 34.5 Å². The Bertz CT molecular complexity index is 758. The van der Waals surface area contributed by atoms with Crippen LogP contribution in [0.25, 0.3) is 0 Å². The number of hydrogen-bond donors (Lipinski definition) is 2. The van der Waals surface area contributed by atoms with Gasteiger partial charge in [-0.1, -0.05) is 23.2 Å². The maximum atomic E-state index is 11.9. The highest BCUT2D eigenvalue weighted by molar-refractivity contribution is 7.15. The van der Waals surface area contributed by atoms with Crippen molar-refractivity contribution >= 4 is 52.1 Å². The predicted octanol–water partition coefficient (Wildman–Crippen LogP) is 3.33. The number of hydrazine groups is 1. The predicted molar refractivity (Wildman–Crippen MR) is 85.7 cm³/mol. The molecule has 2 N–H and O–H groups in total. The molecule has 0 bridgehead atoms. The van der Waals surface area contributed by atoms with E-state index in [1.807, 2.05) is 0 Å². The zero-order valence-electron chi connectivity index (χ0n) is 11.3. The zero-order chi connectivity index (χ0) is 16.3. The van der Waals surface area contributed by atoms with E-state index >= 15 is 0 Å². The first-order valence-electron chi connectivity index (χ1n) is 6.05. The Morgan fingerprint density at radius 2 is 1.59 bits per heavy atom. The molecule has 0 unspecified atom stereocenters. The molecule has 114 valence electrons.